The molecule has 7 heteroatoms. The number of hydrogen-bond acceptors (Lipinski definition) is 5. The number of Topliss-reactive ketones (excluding diaryl/α,β-unsaturated/α-hetero) is 1. The van der Waals surface area contributed by atoms with Crippen molar-refractivity contribution in [3.63, 3.8) is 0 Å². The van der Waals surface area contributed by atoms with Crippen LogP contribution in [-0.2, 0) is 6.42 Å². The van der Waals surface area contributed by atoms with Crippen molar-refractivity contribution in [2.75, 3.05) is 17.2 Å². The van der Waals surface area contributed by atoms with Crippen LogP contribution in [0.5, 0.6) is 0 Å². The SMILES string of the molecule is CC1CCc2ccccc2N1CC(=O)c1c(N)n(C2CC2)c(=O)[nH]c1=O. The summed E-state index contributed by atoms with van der Waals surface area (Å²) in [5.41, 5.74) is 6.94. The Bertz CT molecular complexity index is 987. The summed E-state index contributed by atoms with van der Waals surface area (Å²) in [7, 11) is 0. The fourth-order valence-corrected chi connectivity index (χ4v) is 3.77. The molecule has 7 nitrogen and oxygen atoms in total. The molecule has 1 saturated carbocycles. The number of ketones is 1. The summed E-state index contributed by atoms with van der Waals surface area (Å²) < 4.78 is 1.35. The van der Waals surface area contributed by atoms with Gasteiger partial charge < -0.3 is 10.6 Å². The van der Waals surface area contributed by atoms with Crippen LogP contribution < -0.4 is 21.9 Å². The minimum atomic E-state index is -0.702. The highest BCUT2D eigenvalue weighted by Crippen LogP contribution is 2.35. The number of hydrogen-bond donors (Lipinski definition) is 2. The van der Waals surface area contributed by atoms with Crippen molar-refractivity contribution in [3.05, 3.63) is 56.2 Å². The average Bonchev–Trinajstić information content (AvgIpc) is 3.42. The van der Waals surface area contributed by atoms with Gasteiger partial charge in [-0.1, -0.05) is 18.2 Å². The van der Waals surface area contributed by atoms with Gasteiger partial charge >= 0.3 is 5.69 Å². The van der Waals surface area contributed by atoms with Crippen LogP contribution in [0.2, 0.25) is 0 Å². The molecule has 1 unspecified atom stereocenters. The van der Waals surface area contributed by atoms with Gasteiger partial charge in [0, 0.05) is 17.8 Å². The van der Waals surface area contributed by atoms with Crippen molar-refractivity contribution < 1.29 is 4.79 Å². The lowest BCUT2D eigenvalue weighted by Gasteiger charge is -2.36. The molecule has 0 amide bonds. The zero-order valence-electron chi connectivity index (χ0n) is 14.7. The molecule has 4 rings (SSSR count). The Morgan fingerprint density at radius 1 is 1.23 bits per heavy atom. The molecule has 1 aliphatic carbocycles. The third-order valence-corrected chi connectivity index (χ3v) is 5.35. The van der Waals surface area contributed by atoms with Crippen molar-refractivity contribution >= 4 is 17.3 Å². The van der Waals surface area contributed by atoms with Crippen LogP contribution in [0.15, 0.2) is 33.9 Å². The van der Waals surface area contributed by atoms with Crippen molar-refractivity contribution in [2.45, 2.75) is 44.7 Å². The molecular formula is C19H22N4O3. The van der Waals surface area contributed by atoms with Crippen LogP contribution in [0.3, 0.4) is 0 Å². The molecule has 0 spiro atoms. The topological polar surface area (TPSA) is 101 Å². The molecule has 136 valence electrons. The maximum absolute atomic E-state index is 13.0. The fraction of sp³-hybridized carbons (Fsp3) is 0.421. The number of nitrogen functional groups attached to an aromatic ring is 1. The van der Waals surface area contributed by atoms with E-state index in [2.05, 4.69) is 18.0 Å². The first-order chi connectivity index (χ1) is 12.5. The number of anilines is 2. The molecule has 3 N–H and O–H groups in total. The first-order valence-corrected chi connectivity index (χ1v) is 8.99. The van der Waals surface area contributed by atoms with Gasteiger partial charge in [-0.25, -0.2) is 4.79 Å². The maximum Gasteiger partial charge on any atom is 0.330 e. The van der Waals surface area contributed by atoms with E-state index in [1.165, 1.54) is 10.1 Å². The quantitative estimate of drug-likeness (QED) is 0.810. The van der Waals surface area contributed by atoms with Crippen molar-refractivity contribution in [3.8, 4) is 0 Å². The lowest BCUT2D eigenvalue weighted by atomic mass is 9.96. The Kier molecular flexibility index (Phi) is 3.94. The summed E-state index contributed by atoms with van der Waals surface area (Å²) in [5, 5.41) is 0. The summed E-state index contributed by atoms with van der Waals surface area (Å²) in [6.07, 6.45) is 3.58. The highest BCUT2D eigenvalue weighted by Gasteiger charge is 2.31. The average molecular weight is 354 g/mol. The Hall–Kier alpha value is -2.83. The fourth-order valence-electron chi connectivity index (χ4n) is 3.77. The number of rotatable bonds is 4. The molecule has 2 heterocycles. The highest BCUT2D eigenvalue weighted by molar-refractivity contribution is 6.02. The highest BCUT2D eigenvalue weighted by atomic mass is 16.2. The summed E-state index contributed by atoms with van der Waals surface area (Å²) in [4.78, 5) is 41.5. The minimum Gasteiger partial charge on any atom is -0.384 e. The Labute approximate surface area is 150 Å². The standard InChI is InChI=1S/C19H22N4O3/c1-11-6-7-12-4-2-3-5-14(12)22(11)10-15(24)16-17(20)23(13-8-9-13)19(26)21-18(16)25/h2-5,11,13H,6-10,20H2,1H3,(H,21,25,26). The number of nitrogens with two attached hydrogens (primary N) is 1. The van der Waals surface area contributed by atoms with E-state index in [0.717, 1.165) is 31.4 Å². The second-order valence-corrected chi connectivity index (χ2v) is 7.19. The lowest BCUT2D eigenvalue weighted by molar-refractivity contribution is 0.0995. The smallest absolute Gasteiger partial charge is 0.330 e. The number of nitrogens with zero attached hydrogens (tertiary/aromatic N) is 2. The molecule has 0 bridgehead atoms. The van der Waals surface area contributed by atoms with Gasteiger partial charge in [0.2, 0.25) is 0 Å². The Morgan fingerprint density at radius 2 is 1.96 bits per heavy atom. The van der Waals surface area contributed by atoms with E-state index in [0.29, 0.717) is 0 Å². The van der Waals surface area contributed by atoms with Crippen LogP contribution >= 0.6 is 0 Å². The maximum atomic E-state index is 13.0. The van der Waals surface area contributed by atoms with E-state index in [1.54, 1.807) is 0 Å². The van der Waals surface area contributed by atoms with Crippen LogP contribution in [0.25, 0.3) is 0 Å². The number of fused-ring (bicyclic) bond motifs is 1. The molecule has 1 atom stereocenters. The summed E-state index contributed by atoms with van der Waals surface area (Å²) in [6, 6.07) is 8.17. The third-order valence-electron chi connectivity index (χ3n) is 5.35. The van der Waals surface area contributed by atoms with Gasteiger partial charge in [0.1, 0.15) is 11.4 Å². The van der Waals surface area contributed by atoms with E-state index in [-0.39, 0.29) is 35.8 Å². The van der Waals surface area contributed by atoms with Crippen LogP contribution in [0.1, 0.15) is 48.1 Å². The van der Waals surface area contributed by atoms with Crippen molar-refractivity contribution in [1.29, 1.82) is 0 Å². The van der Waals surface area contributed by atoms with Gasteiger partial charge in [0.25, 0.3) is 5.56 Å². The molecule has 0 saturated heterocycles. The van der Waals surface area contributed by atoms with E-state index in [9.17, 15) is 14.4 Å². The van der Waals surface area contributed by atoms with Crippen molar-refractivity contribution in [2.24, 2.45) is 0 Å². The molecule has 1 aliphatic heterocycles. The Balaban J connectivity index is 1.71. The first kappa shape index (κ1) is 16.6. The number of aromatic nitrogens is 2. The number of aromatic amines is 1. The van der Waals surface area contributed by atoms with Gasteiger partial charge in [-0.15, -0.1) is 0 Å². The molecular weight excluding hydrogens is 332 g/mol. The van der Waals surface area contributed by atoms with Gasteiger partial charge in [-0.05, 0) is 44.2 Å². The zero-order chi connectivity index (χ0) is 18.4. The summed E-state index contributed by atoms with van der Waals surface area (Å²) >= 11 is 0. The van der Waals surface area contributed by atoms with E-state index < -0.39 is 11.2 Å². The number of H-pyrrole nitrogens is 1. The Morgan fingerprint density at radius 3 is 2.69 bits per heavy atom. The van der Waals surface area contributed by atoms with Gasteiger partial charge in [-0.3, -0.25) is 19.1 Å². The van der Waals surface area contributed by atoms with Crippen LogP contribution in [-0.4, -0.2) is 27.9 Å². The third kappa shape index (κ3) is 2.73. The van der Waals surface area contributed by atoms with Crippen LogP contribution in [0.4, 0.5) is 11.5 Å². The van der Waals surface area contributed by atoms with Gasteiger partial charge in [-0.2, -0.15) is 0 Å². The van der Waals surface area contributed by atoms with Crippen LogP contribution in [0, 0.1) is 0 Å². The molecule has 26 heavy (non-hydrogen) atoms. The number of carbonyl (C=O) groups excluding carboxylic acids is 1. The van der Waals surface area contributed by atoms with E-state index >= 15 is 0 Å². The summed E-state index contributed by atoms with van der Waals surface area (Å²) in [6.45, 7) is 2.14. The molecule has 0 radical (unpaired) electrons. The van der Waals surface area contributed by atoms with Gasteiger partial charge in [0.05, 0.1) is 6.54 Å². The number of aryl methyl sites for hydroxylation is 1. The first-order valence-electron chi connectivity index (χ1n) is 8.99. The lowest BCUT2D eigenvalue weighted by Crippen LogP contribution is -2.43. The second-order valence-electron chi connectivity index (χ2n) is 7.19. The molecule has 2 aromatic rings. The molecule has 2 aliphatic rings. The molecule has 1 aromatic heterocycles. The predicted molar refractivity (Wildman–Crippen MR) is 99.9 cm³/mol. The minimum absolute atomic E-state index is 0.0100. The molecule has 1 aromatic carbocycles. The van der Waals surface area contributed by atoms with Crippen molar-refractivity contribution in [1.82, 2.24) is 9.55 Å². The number of benzene rings is 1. The second kappa shape index (κ2) is 6.16. The van der Waals surface area contributed by atoms with E-state index in [1.807, 2.05) is 23.1 Å². The zero-order valence-corrected chi connectivity index (χ0v) is 14.7. The number of para-hydroxylation sites is 1. The predicted octanol–water partition coefficient (Wildman–Crippen LogP) is 1.48. The monoisotopic (exact) mass is 354 g/mol. The number of nitrogens with one attached hydrogen (secondary N) is 1. The van der Waals surface area contributed by atoms with Gasteiger partial charge in [0.15, 0.2) is 5.78 Å². The molecule has 1 fully saturated rings. The summed E-state index contributed by atoms with van der Waals surface area (Å²) in [5.74, 6) is -0.370. The normalized spacial score (nSPS) is 19.3. The largest absolute Gasteiger partial charge is 0.384 e. The van der Waals surface area contributed by atoms with E-state index in [4.69, 9.17) is 5.73 Å². The number of carbonyl (C=O) groups is 1.